The second kappa shape index (κ2) is 7.80. The molecule has 10 heteroatoms. The van der Waals surface area contributed by atoms with E-state index in [-0.39, 0.29) is 22.3 Å². The highest BCUT2D eigenvalue weighted by Gasteiger charge is 2.30. The second-order valence-corrected chi connectivity index (χ2v) is 6.07. The van der Waals surface area contributed by atoms with Crippen molar-refractivity contribution in [2.24, 2.45) is 0 Å². The third-order valence-corrected chi connectivity index (χ3v) is 4.41. The van der Waals surface area contributed by atoms with Gasteiger partial charge in [-0.1, -0.05) is 24.3 Å². The van der Waals surface area contributed by atoms with E-state index in [1.165, 1.54) is 36.4 Å². The van der Waals surface area contributed by atoms with Gasteiger partial charge in [-0.25, -0.2) is 9.59 Å². The van der Waals surface area contributed by atoms with Gasteiger partial charge in [0.2, 0.25) is 0 Å². The van der Waals surface area contributed by atoms with Crippen LogP contribution in [0.5, 0.6) is 0 Å². The van der Waals surface area contributed by atoms with Gasteiger partial charge < -0.3 is 10.2 Å². The summed E-state index contributed by atoms with van der Waals surface area (Å²) in [7, 11) is 0. The summed E-state index contributed by atoms with van der Waals surface area (Å²) in [6.45, 7) is 0. The molecule has 0 amide bonds. The van der Waals surface area contributed by atoms with Crippen molar-refractivity contribution in [1.82, 2.24) is 0 Å². The van der Waals surface area contributed by atoms with Crippen molar-refractivity contribution in [2.45, 2.75) is 0 Å². The number of para-hydroxylation sites is 2. The summed E-state index contributed by atoms with van der Waals surface area (Å²) in [5.41, 5.74) is -2.71. The quantitative estimate of drug-likeness (QED) is 0.452. The number of benzene rings is 3. The van der Waals surface area contributed by atoms with Crippen molar-refractivity contribution in [3.8, 4) is 22.3 Å². The van der Waals surface area contributed by atoms with Gasteiger partial charge in [0.25, 0.3) is 11.4 Å². The van der Waals surface area contributed by atoms with Gasteiger partial charge in [0.1, 0.15) is 0 Å². The van der Waals surface area contributed by atoms with E-state index >= 15 is 0 Å². The standard InChI is InChI=1S/C20H12N2O8/c23-19(24)13-9-10-14(20(25)26)18(12-6-2-4-8-16(12)22(29)30)17(13)11-5-1-3-7-15(11)21(27)28/h1-10H,(H,23,24)(H,25,26). The molecule has 0 radical (unpaired) electrons. The molecule has 2 N–H and O–H groups in total. The SMILES string of the molecule is O=C(O)c1ccc(C(=O)O)c(-c2ccccc2[N+](=O)[O-])c1-c1ccccc1[N+](=O)[O-]. The largest absolute Gasteiger partial charge is 0.478 e. The topological polar surface area (TPSA) is 161 Å². The summed E-state index contributed by atoms with van der Waals surface area (Å²) in [6, 6.07) is 12.4. The van der Waals surface area contributed by atoms with E-state index in [4.69, 9.17) is 0 Å². The van der Waals surface area contributed by atoms with E-state index in [2.05, 4.69) is 0 Å². The molecule has 0 aliphatic carbocycles. The van der Waals surface area contributed by atoms with Crippen LogP contribution in [0.3, 0.4) is 0 Å². The van der Waals surface area contributed by atoms with E-state index in [0.29, 0.717) is 0 Å². The van der Waals surface area contributed by atoms with Gasteiger partial charge in [-0.15, -0.1) is 0 Å². The highest BCUT2D eigenvalue weighted by molar-refractivity contribution is 6.09. The maximum Gasteiger partial charge on any atom is 0.336 e. The molecule has 0 aromatic heterocycles. The Kier molecular flexibility index (Phi) is 5.23. The van der Waals surface area contributed by atoms with E-state index in [1.54, 1.807) is 0 Å². The Morgan fingerprint density at radius 3 is 1.27 bits per heavy atom. The molecular weight excluding hydrogens is 396 g/mol. The molecular formula is C20H12N2O8. The molecule has 10 nitrogen and oxygen atoms in total. The van der Waals surface area contributed by atoms with Crippen molar-refractivity contribution >= 4 is 23.3 Å². The summed E-state index contributed by atoms with van der Waals surface area (Å²) in [6.07, 6.45) is 0. The Bertz CT molecular complexity index is 1120. The Morgan fingerprint density at radius 2 is 0.967 bits per heavy atom. The molecule has 3 aromatic rings. The molecule has 0 aliphatic rings. The first-order chi connectivity index (χ1) is 14.2. The minimum absolute atomic E-state index is 0.170. The summed E-state index contributed by atoms with van der Waals surface area (Å²) >= 11 is 0. The first-order valence-electron chi connectivity index (χ1n) is 8.35. The third-order valence-electron chi connectivity index (χ3n) is 4.41. The molecule has 0 fully saturated rings. The van der Waals surface area contributed by atoms with E-state index < -0.39 is 44.3 Å². The molecule has 0 aliphatic heterocycles. The zero-order valence-corrected chi connectivity index (χ0v) is 15.0. The average molecular weight is 408 g/mol. The molecule has 0 atom stereocenters. The predicted molar refractivity (Wildman–Crippen MR) is 105 cm³/mol. The number of nitro benzene ring substituents is 2. The highest BCUT2D eigenvalue weighted by Crippen LogP contribution is 2.44. The van der Waals surface area contributed by atoms with Crippen molar-refractivity contribution in [1.29, 1.82) is 0 Å². The minimum atomic E-state index is -1.47. The van der Waals surface area contributed by atoms with Gasteiger partial charge >= 0.3 is 11.9 Å². The van der Waals surface area contributed by atoms with Crippen molar-refractivity contribution in [3.05, 3.63) is 92.0 Å². The Balaban J connectivity index is 2.59. The van der Waals surface area contributed by atoms with E-state index in [9.17, 15) is 40.0 Å². The third kappa shape index (κ3) is 3.44. The van der Waals surface area contributed by atoms with Gasteiger partial charge in [-0.2, -0.15) is 0 Å². The van der Waals surface area contributed by atoms with Crippen LogP contribution in [-0.2, 0) is 0 Å². The maximum atomic E-state index is 11.9. The number of rotatable bonds is 6. The van der Waals surface area contributed by atoms with Crippen molar-refractivity contribution < 1.29 is 29.6 Å². The van der Waals surface area contributed by atoms with Crippen LogP contribution in [0.2, 0.25) is 0 Å². The number of aromatic carboxylic acids is 2. The van der Waals surface area contributed by atoms with E-state index in [0.717, 1.165) is 24.3 Å². The van der Waals surface area contributed by atoms with Crippen LogP contribution in [0.4, 0.5) is 11.4 Å². The van der Waals surface area contributed by atoms with Gasteiger partial charge in [0, 0.05) is 23.3 Å². The molecule has 0 spiro atoms. The van der Waals surface area contributed by atoms with Gasteiger partial charge in [-0.05, 0) is 24.3 Å². The van der Waals surface area contributed by atoms with Gasteiger partial charge in [0.05, 0.1) is 32.1 Å². The number of nitro groups is 2. The number of carbonyl (C=O) groups is 2. The lowest BCUT2D eigenvalue weighted by Gasteiger charge is -2.16. The van der Waals surface area contributed by atoms with Gasteiger partial charge in [0.15, 0.2) is 0 Å². The molecule has 0 heterocycles. The molecule has 0 unspecified atom stereocenters. The lowest BCUT2D eigenvalue weighted by molar-refractivity contribution is -0.384. The minimum Gasteiger partial charge on any atom is -0.478 e. The summed E-state index contributed by atoms with van der Waals surface area (Å²) < 4.78 is 0. The predicted octanol–water partition coefficient (Wildman–Crippen LogP) is 4.23. The molecule has 3 rings (SSSR count). The number of hydrogen-bond donors (Lipinski definition) is 2. The van der Waals surface area contributed by atoms with Crippen molar-refractivity contribution in [3.63, 3.8) is 0 Å². The summed E-state index contributed by atoms with van der Waals surface area (Å²) in [5.74, 6) is -2.94. The number of carboxylic acid groups (broad SMARTS) is 2. The zero-order chi connectivity index (χ0) is 22.0. The molecule has 0 saturated carbocycles. The lowest BCUT2D eigenvalue weighted by atomic mass is 9.85. The van der Waals surface area contributed by atoms with Crippen LogP contribution in [0.15, 0.2) is 60.7 Å². The smallest absolute Gasteiger partial charge is 0.336 e. The Morgan fingerprint density at radius 1 is 0.633 bits per heavy atom. The van der Waals surface area contributed by atoms with Crippen molar-refractivity contribution in [2.75, 3.05) is 0 Å². The number of carboxylic acids is 2. The molecule has 3 aromatic carbocycles. The van der Waals surface area contributed by atoms with E-state index in [1.807, 2.05) is 0 Å². The molecule has 0 saturated heterocycles. The first kappa shape index (κ1) is 20.1. The van der Waals surface area contributed by atoms with Crippen LogP contribution in [-0.4, -0.2) is 32.0 Å². The Hall–Kier alpha value is -4.60. The summed E-state index contributed by atoms with van der Waals surface area (Å²) in [4.78, 5) is 45.4. The number of nitrogens with zero attached hydrogens (tertiary/aromatic N) is 2. The van der Waals surface area contributed by atoms with Gasteiger partial charge in [-0.3, -0.25) is 20.2 Å². The fourth-order valence-electron chi connectivity index (χ4n) is 3.21. The fourth-order valence-corrected chi connectivity index (χ4v) is 3.21. The lowest BCUT2D eigenvalue weighted by Crippen LogP contribution is -2.09. The second-order valence-electron chi connectivity index (χ2n) is 6.07. The monoisotopic (exact) mass is 408 g/mol. The Labute approximate surface area is 167 Å². The normalized spacial score (nSPS) is 10.4. The zero-order valence-electron chi connectivity index (χ0n) is 15.0. The first-order valence-corrected chi connectivity index (χ1v) is 8.35. The van der Waals surface area contributed by atoms with Crippen LogP contribution in [0.1, 0.15) is 20.7 Å². The summed E-state index contributed by atoms with van der Waals surface area (Å²) in [5, 5.41) is 42.5. The van der Waals surface area contributed by atoms with Crippen LogP contribution < -0.4 is 0 Å². The fraction of sp³-hybridized carbons (Fsp3) is 0. The van der Waals surface area contributed by atoms with Crippen LogP contribution >= 0.6 is 0 Å². The molecule has 0 bridgehead atoms. The number of hydrogen-bond acceptors (Lipinski definition) is 6. The average Bonchev–Trinajstić information content (AvgIpc) is 2.72. The molecule has 30 heavy (non-hydrogen) atoms. The highest BCUT2D eigenvalue weighted by atomic mass is 16.6. The maximum absolute atomic E-state index is 11.9. The molecule has 150 valence electrons. The van der Waals surface area contributed by atoms with Crippen LogP contribution in [0.25, 0.3) is 22.3 Å². The van der Waals surface area contributed by atoms with Crippen LogP contribution in [0, 0.1) is 20.2 Å².